The molecule has 0 amide bonds. The van der Waals surface area contributed by atoms with Crippen molar-refractivity contribution in [1.29, 1.82) is 0 Å². The van der Waals surface area contributed by atoms with Crippen LogP contribution in [0.1, 0.15) is 25.3 Å². The van der Waals surface area contributed by atoms with Gasteiger partial charge in [0.2, 0.25) is 0 Å². The van der Waals surface area contributed by atoms with Crippen molar-refractivity contribution in [2.24, 2.45) is 10.9 Å². The molecule has 6 nitrogen and oxygen atoms in total. The van der Waals surface area contributed by atoms with Crippen LogP contribution in [0.15, 0.2) is 35.3 Å². The average Bonchev–Trinajstić information content (AvgIpc) is 3.08. The van der Waals surface area contributed by atoms with E-state index in [1.807, 2.05) is 6.92 Å². The van der Waals surface area contributed by atoms with E-state index in [9.17, 15) is 4.79 Å². The molecule has 1 aromatic carbocycles. The highest BCUT2D eigenvalue weighted by Crippen LogP contribution is 2.19. The van der Waals surface area contributed by atoms with Crippen LogP contribution in [0.4, 0.5) is 0 Å². The molecule has 1 fully saturated rings. The number of rotatable bonds is 7. The molecule has 26 heavy (non-hydrogen) atoms. The highest BCUT2D eigenvalue weighted by molar-refractivity contribution is 14.0. The molecule has 1 aliphatic heterocycles. The molecule has 1 saturated heterocycles. The van der Waals surface area contributed by atoms with E-state index >= 15 is 0 Å². The zero-order chi connectivity index (χ0) is 18.1. The summed E-state index contributed by atoms with van der Waals surface area (Å²) in [5.74, 6) is 0.305. The Hall–Kier alpha value is -1.35. The van der Waals surface area contributed by atoms with Crippen LogP contribution >= 0.6 is 24.0 Å². The van der Waals surface area contributed by atoms with Crippen LogP contribution in [-0.2, 0) is 16.1 Å². The smallest absolute Gasteiger partial charge is 0.310 e. The van der Waals surface area contributed by atoms with E-state index in [2.05, 4.69) is 50.9 Å². The number of esters is 1. The third-order valence-electron chi connectivity index (χ3n) is 4.64. The van der Waals surface area contributed by atoms with Crippen molar-refractivity contribution in [3.8, 4) is 0 Å². The Morgan fingerprint density at radius 3 is 2.73 bits per heavy atom. The van der Waals surface area contributed by atoms with Gasteiger partial charge < -0.3 is 15.4 Å². The van der Waals surface area contributed by atoms with Gasteiger partial charge in [0, 0.05) is 32.7 Å². The molecule has 0 spiro atoms. The van der Waals surface area contributed by atoms with Gasteiger partial charge in [-0.1, -0.05) is 37.3 Å². The van der Waals surface area contributed by atoms with Crippen LogP contribution in [-0.4, -0.2) is 56.7 Å². The Morgan fingerprint density at radius 1 is 1.35 bits per heavy atom. The van der Waals surface area contributed by atoms with Gasteiger partial charge in [-0.2, -0.15) is 0 Å². The van der Waals surface area contributed by atoms with Gasteiger partial charge in [0.15, 0.2) is 5.96 Å². The van der Waals surface area contributed by atoms with Crippen molar-refractivity contribution in [3.05, 3.63) is 35.9 Å². The number of hydrogen-bond acceptors (Lipinski definition) is 4. The van der Waals surface area contributed by atoms with Crippen LogP contribution in [0, 0.1) is 5.92 Å². The third kappa shape index (κ3) is 7.11. The number of carbonyl (C=O) groups excluding carboxylic acids is 1. The summed E-state index contributed by atoms with van der Waals surface area (Å²) >= 11 is 0. The predicted molar refractivity (Wildman–Crippen MR) is 116 cm³/mol. The Balaban J connectivity index is 0.00000338. The molecule has 2 atom stereocenters. The van der Waals surface area contributed by atoms with Gasteiger partial charge in [-0.25, -0.2) is 0 Å². The molecule has 2 unspecified atom stereocenters. The van der Waals surface area contributed by atoms with Crippen LogP contribution in [0.5, 0.6) is 0 Å². The van der Waals surface area contributed by atoms with Crippen LogP contribution in [0.25, 0.3) is 0 Å². The number of nitrogens with zero attached hydrogens (tertiary/aromatic N) is 2. The van der Waals surface area contributed by atoms with Crippen molar-refractivity contribution < 1.29 is 9.53 Å². The van der Waals surface area contributed by atoms with Gasteiger partial charge in [0.05, 0.1) is 13.0 Å². The molecule has 146 valence electrons. The zero-order valence-electron chi connectivity index (χ0n) is 15.9. The number of carbonyl (C=O) groups is 1. The number of ether oxygens (including phenoxy) is 1. The largest absolute Gasteiger partial charge is 0.469 e. The lowest BCUT2D eigenvalue weighted by Gasteiger charge is -2.25. The lowest BCUT2D eigenvalue weighted by molar-refractivity contribution is -0.144. The molecule has 0 bridgehead atoms. The second-order valence-electron chi connectivity index (χ2n) is 6.51. The van der Waals surface area contributed by atoms with Crippen molar-refractivity contribution in [3.63, 3.8) is 0 Å². The van der Waals surface area contributed by atoms with Crippen LogP contribution < -0.4 is 10.6 Å². The van der Waals surface area contributed by atoms with E-state index in [-0.39, 0.29) is 35.9 Å². The Bertz CT molecular complexity index is 568. The zero-order valence-corrected chi connectivity index (χ0v) is 18.2. The monoisotopic (exact) mass is 474 g/mol. The molecule has 1 aromatic rings. The minimum Gasteiger partial charge on any atom is -0.469 e. The van der Waals surface area contributed by atoms with E-state index in [1.54, 1.807) is 7.05 Å². The summed E-state index contributed by atoms with van der Waals surface area (Å²) in [5, 5.41) is 6.58. The summed E-state index contributed by atoms with van der Waals surface area (Å²) < 4.78 is 4.74. The maximum Gasteiger partial charge on any atom is 0.310 e. The number of halogens is 1. The number of aliphatic imine (C=N–C) groups is 1. The number of guanidine groups is 1. The number of likely N-dealkylation sites (tertiary alicyclic amines) is 1. The van der Waals surface area contributed by atoms with Gasteiger partial charge in [0.1, 0.15) is 0 Å². The predicted octanol–water partition coefficient (Wildman–Crippen LogP) is 2.24. The molecule has 2 rings (SSSR count). The molecule has 0 radical (unpaired) electrons. The Labute approximate surface area is 173 Å². The minimum absolute atomic E-state index is 0. The highest BCUT2D eigenvalue weighted by Gasteiger charge is 2.24. The highest BCUT2D eigenvalue weighted by atomic mass is 127. The maximum atomic E-state index is 11.5. The van der Waals surface area contributed by atoms with E-state index in [1.165, 1.54) is 25.5 Å². The molecule has 2 N–H and O–H groups in total. The summed E-state index contributed by atoms with van der Waals surface area (Å²) in [7, 11) is 3.15. The number of hydrogen-bond donors (Lipinski definition) is 2. The third-order valence-corrected chi connectivity index (χ3v) is 4.64. The van der Waals surface area contributed by atoms with Crippen molar-refractivity contribution in [2.75, 3.05) is 33.8 Å². The molecular weight excluding hydrogens is 443 g/mol. The second-order valence-corrected chi connectivity index (χ2v) is 6.51. The maximum absolute atomic E-state index is 11.5. The first kappa shape index (κ1) is 22.7. The van der Waals surface area contributed by atoms with E-state index in [4.69, 9.17) is 4.74 Å². The van der Waals surface area contributed by atoms with Crippen molar-refractivity contribution in [1.82, 2.24) is 15.5 Å². The van der Waals surface area contributed by atoms with Gasteiger partial charge >= 0.3 is 5.97 Å². The molecule has 7 heteroatoms. The van der Waals surface area contributed by atoms with E-state index in [0.29, 0.717) is 12.6 Å². The normalized spacial score (nSPS) is 18.7. The van der Waals surface area contributed by atoms with Gasteiger partial charge in [-0.05, 0) is 24.9 Å². The van der Waals surface area contributed by atoms with Crippen molar-refractivity contribution in [2.45, 2.75) is 32.4 Å². The first-order valence-corrected chi connectivity index (χ1v) is 8.94. The molecule has 0 aromatic heterocycles. The molecule has 0 saturated carbocycles. The first-order valence-electron chi connectivity index (χ1n) is 8.94. The lowest BCUT2D eigenvalue weighted by atomic mass is 10.2. The topological polar surface area (TPSA) is 66.0 Å². The fourth-order valence-corrected chi connectivity index (χ4v) is 3.12. The molecule has 0 aliphatic carbocycles. The number of benzene rings is 1. The standard InChI is InChI=1S/C19H30N4O2.HI/c1-15(18(24)25-3)12-21-19(20-2)22-13-17-10-7-11-23(17)14-16-8-5-4-6-9-16;/h4-6,8-9,15,17H,7,10-14H2,1-3H3,(H2,20,21,22);1H. The summed E-state index contributed by atoms with van der Waals surface area (Å²) in [6.45, 7) is 5.31. The Kier molecular flexibility index (Phi) is 10.6. The molecule has 1 heterocycles. The quantitative estimate of drug-likeness (QED) is 0.275. The van der Waals surface area contributed by atoms with Gasteiger partial charge in [-0.15, -0.1) is 24.0 Å². The van der Waals surface area contributed by atoms with Crippen LogP contribution in [0.2, 0.25) is 0 Å². The number of methoxy groups -OCH3 is 1. The number of nitrogens with one attached hydrogen (secondary N) is 2. The van der Waals surface area contributed by atoms with Gasteiger partial charge in [0.25, 0.3) is 0 Å². The average molecular weight is 474 g/mol. The summed E-state index contributed by atoms with van der Waals surface area (Å²) in [6, 6.07) is 11.1. The second kappa shape index (κ2) is 12.1. The SMILES string of the molecule is CN=C(NCC(C)C(=O)OC)NCC1CCCN1Cc1ccccc1.I. The minimum atomic E-state index is -0.215. The summed E-state index contributed by atoms with van der Waals surface area (Å²) in [4.78, 5) is 18.2. The van der Waals surface area contributed by atoms with E-state index in [0.717, 1.165) is 25.6 Å². The van der Waals surface area contributed by atoms with Gasteiger partial charge in [-0.3, -0.25) is 14.7 Å². The molecule has 1 aliphatic rings. The van der Waals surface area contributed by atoms with E-state index < -0.39 is 0 Å². The van der Waals surface area contributed by atoms with Crippen LogP contribution in [0.3, 0.4) is 0 Å². The molecular formula is C19H31IN4O2. The van der Waals surface area contributed by atoms with Crippen molar-refractivity contribution >= 4 is 35.9 Å². The first-order chi connectivity index (χ1) is 12.1. The fraction of sp³-hybridized carbons (Fsp3) is 0.579. The summed E-state index contributed by atoms with van der Waals surface area (Å²) in [6.07, 6.45) is 2.42. The fourth-order valence-electron chi connectivity index (χ4n) is 3.12. The summed E-state index contributed by atoms with van der Waals surface area (Å²) in [5.41, 5.74) is 1.35. The lowest BCUT2D eigenvalue weighted by Crippen LogP contribution is -2.46. The Morgan fingerprint density at radius 2 is 2.08 bits per heavy atom.